The molecule has 4 N–H and O–H groups in total. The zero-order chi connectivity index (χ0) is 38.0. The molecule has 4 aromatic carbocycles. The monoisotopic (exact) mass is 1030 g/mol. The normalized spacial score (nSPS) is 8.89. The fourth-order valence-electron chi connectivity index (χ4n) is 3.97. The van der Waals surface area contributed by atoms with Crippen LogP contribution < -0.4 is 82.8 Å². The van der Waals surface area contributed by atoms with E-state index in [1.165, 1.54) is 26.4 Å². The van der Waals surface area contributed by atoms with E-state index in [-0.39, 0.29) is 102 Å². The number of benzene rings is 4. The van der Waals surface area contributed by atoms with Gasteiger partial charge in [0.1, 0.15) is 34.5 Å². The first-order valence-corrected chi connectivity index (χ1v) is 16.1. The molecule has 0 saturated carbocycles. The van der Waals surface area contributed by atoms with E-state index in [4.69, 9.17) is 58.0 Å². The van der Waals surface area contributed by atoms with E-state index in [9.17, 15) is 0 Å². The first-order chi connectivity index (χ1) is 23.7. The van der Waals surface area contributed by atoms with Crippen LogP contribution in [0.4, 0.5) is 0 Å². The fourth-order valence-corrected chi connectivity index (χ4v) is 4.94. The molecule has 4 aromatic rings. The van der Waals surface area contributed by atoms with Gasteiger partial charge in [0.25, 0.3) is 0 Å². The molecule has 0 amide bonds. The van der Waals surface area contributed by atoms with Crippen molar-refractivity contribution in [2.75, 3.05) is 56.9 Å². The van der Waals surface area contributed by atoms with Gasteiger partial charge in [0, 0.05) is 10.9 Å². The number of methoxy groups -OCH3 is 8. The van der Waals surface area contributed by atoms with E-state index in [1.54, 1.807) is 54.8 Å². The first kappa shape index (κ1) is 59.4. The minimum atomic E-state index is -1.73. The van der Waals surface area contributed by atoms with Crippen molar-refractivity contribution in [2.24, 2.45) is 0 Å². The second-order valence-electron chi connectivity index (χ2n) is 9.71. The number of hydrogen-bond acceptors (Lipinski definition) is 12. The van der Waals surface area contributed by atoms with Crippen molar-refractivity contribution in [3.8, 4) is 46.0 Å². The van der Waals surface area contributed by atoms with E-state index < -0.39 is 14.2 Å². The summed E-state index contributed by atoms with van der Waals surface area (Å²) in [6.07, 6.45) is 0. The predicted octanol–water partition coefficient (Wildman–Crippen LogP) is -2.84. The van der Waals surface area contributed by atoms with Crippen LogP contribution in [0.15, 0.2) is 57.5 Å². The van der Waals surface area contributed by atoms with E-state index in [0.717, 1.165) is 43.1 Å². The molecule has 0 radical (unpaired) electrons. The molecule has 20 heteroatoms. The fraction of sp³-hybridized carbons (Fsp3) is 0.294. The molecule has 4 rings (SSSR count). The summed E-state index contributed by atoms with van der Waals surface area (Å²) in [5.74, 6) is 4.99. The van der Waals surface area contributed by atoms with Gasteiger partial charge in [-0.1, -0.05) is 0 Å². The van der Waals surface area contributed by atoms with Crippen LogP contribution in [0.1, 0.15) is 11.1 Å². The number of aryl methyl sites for hydroxylation is 2. The third kappa shape index (κ3) is 19.2. The predicted molar refractivity (Wildman–Crippen MR) is 212 cm³/mol. The Labute approximate surface area is 388 Å². The zero-order valence-corrected chi connectivity index (χ0v) is 40.9. The van der Waals surface area contributed by atoms with Crippen LogP contribution >= 0.6 is 31.9 Å². The Morgan fingerprint density at radius 3 is 0.926 bits per heavy atom. The number of halogens is 4. The van der Waals surface area contributed by atoms with Crippen molar-refractivity contribution in [3.05, 3.63) is 80.7 Å². The van der Waals surface area contributed by atoms with Gasteiger partial charge in [-0.2, -0.15) is 0 Å². The average Bonchev–Trinajstić information content (AvgIpc) is 3.13. The second-order valence-corrected chi connectivity index (χ2v) is 11.4. The molecule has 0 saturated heterocycles. The van der Waals surface area contributed by atoms with Gasteiger partial charge in [-0.25, -0.2) is 12.1 Å². The molecular weight excluding hydrogens is 990 g/mol. The van der Waals surface area contributed by atoms with Crippen molar-refractivity contribution >= 4 is 103 Å². The smallest absolute Gasteiger partial charge is 1.00 e. The summed E-state index contributed by atoms with van der Waals surface area (Å²) in [6.45, 7) is 4.00. The number of ether oxygens (including phenoxy) is 8. The molecule has 0 aliphatic carbocycles. The van der Waals surface area contributed by atoms with Gasteiger partial charge in [-0.3, -0.25) is 12.1 Å². The maximum absolute atomic E-state index is 9.08. The summed E-state index contributed by atoms with van der Waals surface area (Å²) in [5, 5.41) is 36.3. The van der Waals surface area contributed by atoms with Gasteiger partial charge >= 0.3 is 60.3 Å². The molecule has 12 nitrogen and oxygen atoms in total. The van der Waals surface area contributed by atoms with Gasteiger partial charge in [-0.15, -0.1) is 11.5 Å². The van der Waals surface area contributed by atoms with Crippen LogP contribution in [-0.2, 0) is 0 Å². The molecule has 54 heavy (non-hydrogen) atoms. The van der Waals surface area contributed by atoms with Crippen molar-refractivity contribution in [1.82, 2.24) is 0 Å². The summed E-state index contributed by atoms with van der Waals surface area (Å²) in [4.78, 5) is 0. The van der Waals surface area contributed by atoms with E-state index in [0.29, 0.717) is 11.5 Å². The van der Waals surface area contributed by atoms with Gasteiger partial charge in [0.15, 0.2) is 0 Å². The third-order valence-corrected chi connectivity index (χ3v) is 7.85. The minimum absolute atomic E-state index is 0. The van der Waals surface area contributed by atoms with Crippen LogP contribution in [0.25, 0.3) is 0 Å². The summed E-state index contributed by atoms with van der Waals surface area (Å²) >= 11 is 6.71. The van der Waals surface area contributed by atoms with Crippen LogP contribution in [-0.4, -0.2) is 137 Å². The summed E-state index contributed by atoms with van der Waals surface area (Å²) in [6, 6.07) is 19.3. The summed E-state index contributed by atoms with van der Waals surface area (Å²) < 4.78 is 41.8. The van der Waals surface area contributed by atoms with Crippen molar-refractivity contribution in [2.45, 2.75) is 13.8 Å². The molecule has 0 fully saturated rings. The standard InChI is InChI=1S/C10H14O2.C8H12B2O6.C8H8Br2O2.C8H8O2.2BrH.2Mg/c1-7-5-10(12-4)8(2)6-9(7)11-3;1-15-7-3-6(10(13)14)8(16-2)4-5(7)9(11)12;1-11-7-3-6(10)8(12-2)4-5(7)9;1-9-7-3-5-8(10-2)6-4-7;;;;/h5-6H,1-4H3;3-4,11-14H,1-2H3;3-4H,1-2H3;3,6H,1-2H3;2*1H;;/q;;;-2;;;2*+2/p-2. The SMILES string of the molecule is COc1[c-]cc(OC)[c-]c1.COc1cc(B(O)O)c(OC)cc1B(O)O.COc1cc(Br)c(OC)cc1Br.COc1cc(C)c(OC)cc1C.[Br-].[Br-].[Mg+2].[Mg+2]. The largest absolute Gasteiger partial charge is 2.00 e. The van der Waals surface area contributed by atoms with E-state index in [1.807, 2.05) is 38.1 Å². The summed E-state index contributed by atoms with van der Waals surface area (Å²) in [7, 11) is 8.99. The molecule has 0 heterocycles. The molecule has 0 spiro atoms. The number of hydrogen-bond donors (Lipinski definition) is 4. The van der Waals surface area contributed by atoms with Crippen LogP contribution in [0, 0.1) is 26.0 Å². The zero-order valence-electron chi connectivity index (χ0n) is 31.8. The minimum Gasteiger partial charge on any atom is -1.00 e. The maximum atomic E-state index is 9.08. The molecule has 0 aliphatic heterocycles. The Hall–Kier alpha value is -1.30. The molecule has 0 unspecified atom stereocenters. The topological polar surface area (TPSA) is 155 Å². The van der Waals surface area contributed by atoms with Crippen molar-refractivity contribution < 1.29 is 92.0 Å². The van der Waals surface area contributed by atoms with Crippen molar-refractivity contribution in [1.29, 1.82) is 0 Å². The Bertz CT molecular complexity index is 1450. The van der Waals surface area contributed by atoms with E-state index >= 15 is 0 Å². The van der Waals surface area contributed by atoms with Gasteiger partial charge in [-0.05, 0) is 93.2 Å². The van der Waals surface area contributed by atoms with Crippen LogP contribution in [0.2, 0.25) is 0 Å². The number of rotatable bonds is 10. The molecule has 0 atom stereocenters. The van der Waals surface area contributed by atoms with Crippen LogP contribution in [0.3, 0.4) is 0 Å². The van der Waals surface area contributed by atoms with E-state index in [2.05, 4.69) is 44.0 Å². The Morgan fingerprint density at radius 2 is 0.722 bits per heavy atom. The molecular formula is C34H42B2Br4Mg2O12. The van der Waals surface area contributed by atoms with Gasteiger partial charge in [0.05, 0.1) is 65.8 Å². The maximum Gasteiger partial charge on any atom is 2.00 e. The van der Waals surface area contributed by atoms with Gasteiger partial charge in [0.2, 0.25) is 0 Å². The van der Waals surface area contributed by atoms with Gasteiger partial charge < -0.3 is 92.0 Å². The Balaban J connectivity index is -0.000000305. The van der Waals surface area contributed by atoms with Crippen molar-refractivity contribution in [3.63, 3.8) is 0 Å². The second kappa shape index (κ2) is 31.7. The average molecular weight is 1030 g/mol. The quantitative estimate of drug-likeness (QED) is 0.0958. The first-order valence-electron chi connectivity index (χ1n) is 14.5. The third-order valence-electron chi connectivity index (χ3n) is 6.61. The Morgan fingerprint density at radius 1 is 0.444 bits per heavy atom. The summed E-state index contributed by atoms with van der Waals surface area (Å²) in [5.41, 5.74) is 2.37. The molecule has 288 valence electrons. The van der Waals surface area contributed by atoms with Crippen LogP contribution in [0.5, 0.6) is 46.0 Å². The molecule has 0 aromatic heterocycles. The molecule has 0 bridgehead atoms. The molecule has 0 aliphatic rings. The Kier molecular flexibility index (Phi) is 34.9.